The van der Waals surface area contributed by atoms with Gasteiger partial charge in [-0.15, -0.1) is 0 Å². The smallest absolute Gasteiger partial charge is 0.326 e. The lowest BCUT2D eigenvalue weighted by Gasteiger charge is -2.23. The van der Waals surface area contributed by atoms with Crippen LogP contribution in [0.2, 0.25) is 5.02 Å². The number of anilines is 1. The Morgan fingerprint density at radius 2 is 1.83 bits per heavy atom. The second-order valence-corrected chi connectivity index (χ2v) is 6.86. The first-order chi connectivity index (χ1) is 10.9. The minimum Gasteiger partial charge on any atom is -0.480 e. The molecule has 3 N–H and O–H groups in total. The second kappa shape index (κ2) is 7.53. The Hall–Kier alpha value is -2.28. The molecule has 0 aliphatic rings. The maximum atomic E-state index is 12.4. The maximum Gasteiger partial charge on any atom is 0.326 e. The Kier molecular flexibility index (Phi) is 6.20. The van der Waals surface area contributed by atoms with Crippen LogP contribution in [0, 0.1) is 0 Å². The molecule has 7 nitrogen and oxygen atoms in total. The topological polar surface area (TPSA) is 98.7 Å². The molecule has 0 aliphatic carbocycles. The average molecular weight is 356 g/mol. The minimum absolute atomic E-state index is 0.112. The molecule has 132 valence electrons. The zero-order valence-electron chi connectivity index (χ0n) is 14.3. The van der Waals surface area contributed by atoms with Crippen molar-refractivity contribution in [1.29, 1.82) is 0 Å². The van der Waals surface area contributed by atoms with Crippen LogP contribution in [-0.2, 0) is 4.79 Å². The van der Waals surface area contributed by atoms with Crippen LogP contribution in [0.3, 0.4) is 0 Å². The van der Waals surface area contributed by atoms with Crippen LogP contribution in [0.4, 0.5) is 10.5 Å². The van der Waals surface area contributed by atoms with E-state index in [4.69, 9.17) is 16.7 Å². The summed E-state index contributed by atoms with van der Waals surface area (Å²) in [7, 11) is 1.38. The van der Waals surface area contributed by atoms with Crippen molar-refractivity contribution in [1.82, 2.24) is 10.2 Å². The van der Waals surface area contributed by atoms with Crippen LogP contribution in [0.15, 0.2) is 18.2 Å². The second-order valence-electron chi connectivity index (χ2n) is 6.45. The number of carboxylic acid groups (broad SMARTS) is 1. The number of hydrogen-bond donors (Lipinski definition) is 3. The summed E-state index contributed by atoms with van der Waals surface area (Å²) in [5.74, 6) is -1.67. The molecule has 1 atom stereocenters. The maximum absolute atomic E-state index is 12.4. The van der Waals surface area contributed by atoms with Crippen molar-refractivity contribution in [2.45, 2.75) is 39.3 Å². The largest absolute Gasteiger partial charge is 0.480 e. The number of carbonyl (C=O) groups is 3. The average Bonchev–Trinajstić information content (AvgIpc) is 2.44. The van der Waals surface area contributed by atoms with E-state index < -0.39 is 29.5 Å². The van der Waals surface area contributed by atoms with Crippen LogP contribution >= 0.6 is 11.6 Å². The number of aliphatic carboxylic acids is 1. The fraction of sp³-hybridized carbons (Fsp3) is 0.438. The monoisotopic (exact) mass is 355 g/mol. The number of nitrogens with zero attached hydrogens (tertiary/aromatic N) is 1. The molecule has 1 rings (SSSR count). The van der Waals surface area contributed by atoms with E-state index in [1.807, 2.05) is 20.8 Å². The number of halogens is 1. The fourth-order valence-electron chi connectivity index (χ4n) is 1.80. The lowest BCUT2D eigenvalue weighted by atomic mass is 10.1. The van der Waals surface area contributed by atoms with Gasteiger partial charge in [-0.2, -0.15) is 0 Å². The summed E-state index contributed by atoms with van der Waals surface area (Å²) in [6.07, 6.45) is 0. The van der Waals surface area contributed by atoms with E-state index in [0.717, 1.165) is 4.90 Å². The third-order valence-corrected chi connectivity index (χ3v) is 3.53. The number of urea groups is 1. The van der Waals surface area contributed by atoms with Crippen molar-refractivity contribution in [2.24, 2.45) is 0 Å². The number of carbonyl (C=O) groups excluding carboxylic acids is 2. The first-order valence-electron chi connectivity index (χ1n) is 7.31. The van der Waals surface area contributed by atoms with Crippen molar-refractivity contribution < 1.29 is 19.5 Å². The zero-order chi connectivity index (χ0) is 18.7. The molecule has 0 radical (unpaired) electrons. The zero-order valence-corrected chi connectivity index (χ0v) is 15.1. The quantitative estimate of drug-likeness (QED) is 0.773. The van der Waals surface area contributed by atoms with Crippen LogP contribution < -0.4 is 10.6 Å². The van der Waals surface area contributed by atoms with E-state index in [1.165, 1.54) is 26.1 Å². The molecular formula is C16H22ClN3O4. The van der Waals surface area contributed by atoms with Gasteiger partial charge in [-0.1, -0.05) is 11.6 Å². The minimum atomic E-state index is -1.12. The first-order valence-corrected chi connectivity index (χ1v) is 7.69. The molecule has 24 heavy (non-hydrogen) atoms. The fourth-order valence-corrected chi connectivity index (χ4v) is 2.00. The van der Waals surface area contributed by atoms with Crippen LogP contribution in [-0.4, -0.2) is 46.5 Å². The molecule has 1 aromatic rings. The number of benzene rings is 1. The van der Waals surface area contributed by atoms with E-state index in [0.29, 0.717) is 5.69 Å². The highest BCUT2D eigenvalue weighted by atomic mass is 35.5. The van der Waals surface area contributed by atoms with Gasteiger partial charge in [0, 0.05) is 18.3 Å². The van der Waals surface area contributed by atoms with E-state index in [2.05, 4.69) is 10.6 Å². The molecule has 1 unspecified atom stereocenters. The molecule has 8 heteroatoms. The summed E-state index contributed by atoms with van der Waals surface area (Å²) >= 11 is 6.04. The summed E-state index contributed by atoms with van der Waals surface area (Å²) in [5, 5.41) is 14.5. The molecular weight excluding hydrogens is 334 g/mol. The normalized spacial score (nSPS) is 12.2. The van der Waals surface area contributed by atoms with Gasteiger partial charge in [0.05, 0.1) is 10.6 Å². The Labute approximate surface area is 146 Å². The van der Waals surface area contributed by atoms with Crippen molar-refractivity contribution in [3.63, 3.8) is 0 Å². The highest BCUT2D eigenvalue weighted by Gasteiger charge is 2.24. The number of amides is 3. The molecule has 1 aromatic carbocycles. The van der Waals surface area contributed by atoms with Crippen LogP contribution in [0.25, 0.3) is 0 Å². The number of nitrogens with one attached hydrogen (secondary N) is 2. The summed E-state index contributed by atoms with van der Waals surface area (Å²) in [6.45, 7) is 6.91. The van der Waals surface area contributed by atoms with Crippen molar-refractivity contribution in [3.05, 3.63) is 28.8 Å². The van der Waals surface area contributed by atoms with Crippen molar-refractivity contribution in [2.75, 3.05) is 12.4 Å². The summed E-state index contributed by atoms with van der Waals surface area (Å²) < 4.78 is 0. The third kappa shape index (κ3) is 5.42. The molecule has 0 heterocycles. The Balaban J connectivity index is 3.00. The molecule has 0 aliphatic heterocycles. The number of rotatable bonds is 4. The van der Waals surface area contributed by atoms with Gasteiger partial charge >= 0.3 is 12.0 Å². The van der Waals surface area contributed by atoms with Gasteiger partial charge in [0.2, 0.25) is 0 Å². The van der Waals surface area contributed by atoms with Crippen LogP contribution in [0.1, 0.15) is 38.1 Å². The predicted octanol–water partition coefficient (Wildman–Crippen LogP) is 2.81. The summed E-state index contributed by atoms with van der Waals surface area (Å²) in [6, 6.07) is 3.02. The molecule has 0 saturated heterocycles. The van der Waals surface area contributed by atoms with Gasteiger partial charge in [0.1, 0.15) is 6.04 Å². The third-order valence-electron chi connectivity index (χ3n) is 3.20. The van der Waals surface area contributed by atoms with Crippen molar-refractivity contribution >= 4 is 35.2 Å². The van der Waals surface area contributed by atoms with E-state index in [-0.39, 0.29) is 10.6 Å². The lowest BCUT2D eigenvalue weighted by molar-refractivity contribution is -0.141. The van der Waals surface area contributed by atoms with Gasteiger partial charge in [0.15, 0.2) is 0 Å². The van der Waals surface area contributed by atoms with Gasteiger partial charge in [-0.3, -0.25) is 4.79 Å². The van der Waals surface area contributed by atoms with Gasteiger partial charge in [-0.05, 0) is 45.9 Å². The highest BCUT2D eigenvalue weighted by Crippen LogP contribution is 2.22. The SMILES string of the molecule is CC(C(=O)O)N(C)C(=O)c1cc(NC(=O)NC(C)(C)C)ccc1Cl. The molecule has 0 spiro atoms. The molecule has 0 aromatic heterocycles. The number of likely N-dealkylation sites (N-methyl/N-ethyl adjacent to an activating group) is 1. The van der Waals surface area contributed by atoms with Gasteiger partial charge < -0.3 is 20.6 Å². The lowest BCUT2D eigenvalue weighted by Crippen LogP contribution is -2.43. The predicted molar refractivity (Wildman–Crippen MR) is 92.6 cm³/mol. The van der Waals surface area contributed by atoms with E-state index in [1.54, 1.807) is 6.07 Å². The summed E-state index contributed by atoms with van der Waals surface area (Å²) in [5.41, 5.74) is 0.0773. The summed E-state index contributed by atoms with van der Waals surface area (Å²) in [4.78, 5) is 36.4. The molecule has 0 bridgehead atoms. The standard InChI is InChI=1S/C16H22ClN3O4/c1-9(14(22)23)20(5)13(21)11-8-10(6-7-12(11)17)18-15(24)19-16(2,3)4/h6-9H,1-5H3,(H,22,23)(H2,18,19,24). The van der Waals surface area contributed by atoms with E-state index >= 15 is 0 Å². The van der Waals surface area contributed by atoms with Crippen molar-refractivity contribution in [3.8, 4) is 0 Å². The Morgan fingerprint density at radius 3 is 2.33 bits per heavy atom. The Morgan fingerprint density at radius 1 is 1.25 bits per heavy atom. The number of hydrogen-bond acceptors (Lipinski definition) is 3. The molecule has 0 fully saturated rings. The van der Waals surface area contributed by atoms with Gasteiger partial charge in [-0.25, -0.2) is 9.59 Å². The van der Waals surface area contributed by atoms with Gasteiger partial charge in [0.25, 0.3) is 5.91 Å². The Bertz CT molecular complexity index is 655. The first kappa shape index (κ1) is 19.8. The van der Waals surface area contributed by atoms with Crippen LogP contribution in [0.5, 0.6) is 0 Å². The molecule has 0 saturated carbocycles. The number of carboxylic acids is 1. The molecule has 3 amide bonds. The van der Waals surface area contributed by atoms with E-state index in [9.17, 15) is 14.4 Å². The highest BCUT2D eigenvalue weighted by molar-refractivity contribution is 6.34.